The van der Waals surface area contributed by atoms with Gasteiger partial charge in [-0.3, -0.25) is 14.4 Å². The summed E-state index contributed by atoms with van der Waals surface area (Å²) < 4.78 is 5.06. The van der Waals surface area contributed by atoms with Gasteiger partial charge in [0.15, 0.2) is 0 Å². The van der Waals surface area contributed by atoms with Crippen LogP contribution < -0.4 is 15.4 Å². The fourth-order valence-corrected chi connectivity index (χ4v) is 2.68. The third-order valence-electron chi connectivity index (χ3n) is 4.22. The van der Waals surface area contributed by atoms with Crippen molar-refractivity contribution in [1.29, 1.82) is 0 Å². The number of nitrogens with one attached hydrogen (secondary N) is 2. The van der Waals surface area contributed by atoms with Crippen molar-refractivity contribution < 1.29 is 24.2 Å². The smallest absolute Gasteiger partial charge is 0.308 e. The van der Waals surface area contributed by atoms with Crippen LogP contribution in [-0.2, 0) is 9.59 Å². The number of amides is 2. The highest BCUT2D eigenvalue weighted by molar-refractivity contribution is 5.97. The molecule has 150 valence electrons. The fraction of sp³-hybridized carbons (Fsp3) is 0.550. The summed E-state index contributed by atoms with van der Waals surface area (Å²) in [6.45, 7) is 7.55. The second-order valence-electron chi connectivity index (χ2n) is 7.33. The Kier molecular flexibility index (Phi) is 8.78. The highest BCUT2D eigenvalue weighted by Gasteiger charge is 2.26. The molecule has 0 aromatic heterocycles. The molecular weight excluding hydrogens is 348 g/mol. The van der Waals surface area contributed by atoms with Gasteiger partial charge in [-0.2, -0.15) is 0 Å². The number of carbonyl (C=O) groups is 3. The summed E-state index contributed by atoms with van der Waals surface area (Å²) in [6, 6.07) is 5.82. The van der Waals surface area contributed by atoms with E-state index in [0.29, 0.717) is 17.7 Å². The number of rotatable bonds is 10. The van der Waals surface area contributed by atoms with Crippen molar-refractivity contribution in [3.63, 3.8) is 0 Å². The number of aliphatic carboxylic acids is 1. The predicted octanol–water partition coefficient (Wildman–Crippen LogP) is 2.31. The second kappa shape index (κ2) is 10.5. The summed E-state index contributed by atoms with van der Waals surface area (Å²) in [5, 5.41) is 14.7. The normalized spacial score (nSPS) is 13.1. The second-order valence-corrected chi connectivity index (χ2v) is 7.33. The Labute approximate surface area is 160 Å². The predicted molar refractivity (Wildman–Crippen MR) is 103 cm³/mol. The van der Waals surface area contributed by atoms with Crippen LogP contribution in [0.3, 0.4) is 0 Å². The first-order chi connectivity index (χ1) is 12.6. The quantitative estimate of drug-likeness (QED) is 0.579. The minimum Gasteiger partial charge on any atom is -0.497 e. The maximum atomic E-state index is 12.5. The summed E-state index contributed by atoms with van der Waals surface area (Å²) in [4.78, 5) is 36.3. The molecule has 2 atom stereocenters. The van der Waals surface area contributed by atoms with Gasteiger partial charge in [0, 0.05) is 12.1 Å². The molecule has 0 heterocycles. The molecule has 1 aromatic rings. The number of carbonyl (C=O) groups excluding carboxylic acids is 2. The van der Waals surface area contributed by atoms with Crippen molar-refractivity contribution in [3.8, 4) is 5.75 Å². The van der Waals surface area contributed by atoms with Gasteiger partial charge in [-0.1, -0.05) is 27.7 Å². The minimum atomic E-state index is -0.938. The summed E-state index contributed by atoms with van der Waals surface area (Å²) in [5.74, 6) is -1.66. The van der Waals surface area contributed by atoms with E-state index in [1.54, 1.807) is 24.3 Å². The third kappa shape index (κ3) is 7.29. The summed E-state index contributed by atoms with van der Waals surface area (Å²) >= 11 is 0. The van der Waals surface area contributed by atoms with Crippen molar-refractivity contribution in [2.24, 2.45) is 17.8 Å². The van der Waals surface area contributed by atoms with Crippen LogP contribution in [0.15, 0.2) is 24.3 Å². The largest absolute Gasteiger partial charge is 0.497 e. The molecule has 0 saturated carbocycles. The molecule has 0 radical (unpaired) electrons. The molecule has 0 aliphatic heterocycles. The van der Waals surface area contributed by atoms with E-state index in [0.717, 1.165) is 0 Å². The first-order valence-corrected chi connectivity index (χ1v) is 9.11. The average Bonchev–Trinajstić information content (AvgIpc) is 2.61. The van der Waals surface area contributed by atoms with E-state index >= 15 is 0 Å². The molecule has 0 aliphatic rings. The monoisotopic (exact) mass is 378 g/mol. The number of benzene rings is 1. The zero-order chi connectivity index (χ0) is 20.6. The highest BCUT2D eigenvalue weighted by Crippen LogP contribution is 2.13. The molecule has 0 fully saturated rings. The standard InChI is InChI=1S/C20H30N2O5/c1-12(2)10-15(20(25)26)11-21-19(24)17(13(3)4)22-18(23)14-6-8-16(27-5)9-7-14/h6-9,12-13,15,17H,10-11H2,1-5H3,(H,21,24)(H,22,23)(H,25,26). The Balaban J connectivity index is 2.74. The fourth-order valence-electron chi connectivity index (χ4n) is 2.68. The molecule has 7 nitrogen and oxygen atoms in total. The van der Waals surface area contributed by atoms with E-state index in [-0.39, 0.29) is 30.2 Å². The van der Waals surface area contributed by atoms with Gasteiger partial charge in [0.2, 0.25) is 5.91 Å². The van der Waals surface area contributed by atoms with Gasteiger partial charge in [0.1, 0.15) is 11.8 Å². The third-order valence-corrected chi connectivity index (χ3v) is 4.22. The molecule has 7 heteroatoms. The number of carboxylic acids is 1. The highest BCUT2D eigenvalue weighted by atomic mass is 16.5. The SMILES string of the molecule is COc1ccc(C(=O)NC(C(=O)NCC(CC(C)C)C(=O)O)C(C)C)cc1. The van der Waals surface area contributed by atoms with Gasteiger partial charge >= 0.3 is 5.97 Å². The van der Waals surface area contributed by atoms with Crippen molar-refractivity contribution in [1.82, 2.24) is 10.6 Å². The van der Waals surface area contributed by atoms with E-state index in [2.05, 4.69) is 10.6 Å². The molecule has 1 aromatic carbocycles. The van der Waals surface area contributed by atoms with Crippen LogP contribution in [-0.4, -0.2) is 42.6 Å². The van der Waals surface area contributed by atoms with Crippen LogP contribution in [0.2, 0.25) is 0 Å². The molecule has 27 heavy (non-hydrogen) atoms. The number of hydrogen-bond donors (Lipinski definition) is 3. The molecular formula is C20H30N2O5. The summed E-state index contributed by atoms with van der Waals surface area (Å²) in [5.41, 5.74) is 0.414. The molecule has 0 bridgehead atoms. The first-order valence-electron chi connectivity index (χ1n) is 9.11. The molecule has 0 saturated heterocycles. The summed E-state index contributed by atoms with van der Waals surface area (Å²) in [6.07, 6.45) is 0.472. The zero-order valence-corrected chi connectivity index (χ0v) is 16.6. The summed E-state index contributed by atoms with van der Waals surface area (Å²) in [7, 11) is 1.54. The van der Waals surface area contributed by atoms with Gasteiger partial charge in [0.25, 0.3) is 5.91 Å². The van der Waals surface area contributed by atoms with Crippen molar-refractivity contribution in [3.05, 3.63) is 29.8 Å². The van der Waals surface area contributed by atoms with E-state index < -0.39 is 17.9 Å². The van der Waals surface area contributed by atoms with Crippen molar-refractivity contribution in [2.45, 2.75) is 40.2 Å². The maximum absolute atomic E-state index is 12.5. The number of methoxy groups -OCH3 is 1. The molecule has 0 aliphatic carbocycles. The van der Waals surface area contributed by atoms with Crippen molar-refractivity contribution in [2.75, 3.05) is 13.7 Å². The van der Waals surface area contributed by atoms with Gasteiger partial charge in [-0.25, -0.2) is 0 Å². The molecule has 0 spiro atoms. The van der Waals surface area contributed by atoms with Gasteiger partial charge in [0.05, 0.1) is 13.0 Å². The van der Waals surface area contributed by atoms with Gasteiger partial charge < -0.3 is 20.5 Å². The lowest BCUT2D eigenvalue weighted by Gasteiger charge is -2.23. The zero-order valence-electron chi connectivity index (χ0n) is 16.6. The first kappa shape index (κ1) is 22.5. The van der Waals surface area contributed by atoms with Gasteiger partial charge in [-0.05, 0) is 42.5 Å². The van der Waals surface area contributed by atoms with Crippen LogP contribution in [0.25, 0.3) is 0 Å². The van der Waals surface area contributed by atoms with Crippen LogP contribution >= 0.6 is 0 Å². The van der Waals surface area contributed by atoms with Gasteiger partial charge in [-0.15, -0.1) is 0 Å². The Bertz CT molecular complexity index is 640. The number of ether oxygens (including phenoxy) is 1. The Morgan fingerprint density at radius 2 is 1.67 bits per heavy atom. The lowest BCUT2D eigenvalue weighted by atomic mass is 9.96. The molecule has 2 unspecified atom stereocenters. The van der Waals surface area contributed by atoms with E-state index in [1.165, 1.54) is 7.11 Å². The average molecular weight is 378 g/mol. The van der Waals surface area contributed by atoms with Crippen LogP contribution in [0.4, 0.5) is 0 Å². The van der Waals surface area contributed by atoms with E-state index in [1.807, 2.05) is 27.7 Å². The Morgan fingerprint density at radius 1 is 1.07 bits per heavy atom. The Morgan fingerprint density at radius 3 is 2.11 bits per heavy atom. The number of hydrogen-bond acceptors (Lipinski definition) is 4. The van der Waals surface area contributed by atoms with Crippen LogP contribution in [0.1, 0.15) is 44.5 Å². The maximum Gasteiger partial charge on any atom is 0.308 e. The lowest BCUT2D eigenvalue weighted by Crippen LogP contribution is -2.51. The lowest BCUT2D eigenvalue weighted by molar-refractivity contribution is -0.142. The van der Waals surface area contributed by atoms with E-state index in [9.17, 15) is 19.5 Å². The molecule has 3 N–H and O–H groups in total. The van der Waals surface area contributed by atoms with Crippen LogP contribution in [0, 0.1) is 17.8 Å². The Hall–Kier alpha value is -2.57. The molecule has 2 amide bonds. The van der Waals surface area contributed by atoms with Crippen LogP contribution in [0.5, 0.6) is 5.75 Å². The number of carboxylic acid groups (broad SMARTS) is 1. The topological polar surface area (TPSA) is 105 Å². The van der Waals surface area contributed by atoms with E-state index in [4.69, 9.17) is 4.74 Å². The van der Waals surface area contributed by atoms with Crippen molar-refractivity contribution >= 4 is 17.8 Å². The minimum absolute atomic E-state index is 0.0357. The molecule has 1 rings (SSSR count).